The summed E-state index contributed by atoms with van der Waals surface area (Å²) >= 11 is 0. The summed E-state index contributed by atoms with van der Waals surface area (Å²) in [5.41, 5.74) is 5.59. The van der Waals surface area contributed by atoms with Crippen LogP contribution in [0.15, 0.2) is 18.3 Å². The maximum absolute atomic E-state index is 5.97. The molecule has 4 aliphatic carbocycles. The van der Waals surface area contributed by atoms with Crippen LogP contribution in [0.1, 0.15) is 32.1 Å². The van der Waals surface area contributed by atoms with Crippen molar-refractivity contribution in [1.29, 1.82) is 0 Å². The summed E-state index contributed by atoms with van der Waals surface area (Å²) in [6.45, 7) is 0.875. The summed E-state index contributed by atoms with van der Waals surface area (Å²) in [5, 5.41) is 0. The van der Waals surface area contributed by atoms with Gasteiger partial charge in [0.25, 0.3) is 0 Å². The van der Waals surface area contributed by atoms with Gasteiger partial charge in [0.2, 0.25) is 0 Å². The van der Waals surface area contributed by atoms with Gasteiger partial charge in [-0.1, -0.05) is 0 Å². The molecule has 4 fully saturated rings. The fraction of sp³-hybridized carbons (Fsp3) is 0.688. The molecule has 0 spiro atoms. The van der Waals surface area contributed by atoms with Crippen LogP contribution < -0.4 is 10.5 Å². The fourth-order valence-corrected chi connectivity index (χ4v) is 4.98. The minimum atomic E-state index is 0.557. The highest BCUT2D eigenvalue weighted by Crippen LogP contribution is 2.56. The summed E-state index contributed by atoms with van der Waals surface area (Å²) in [7, 11) is 0. The summed E-state index contributed by atoms with van der Waals surface area (Å²) < 4.78 is 5.97. The molecule has 3 heteroatoms. The van der Waals surface area contributed by atoms with Crippen LogP contribution in [0.2, 0.25) is 0 Å². The topological polar surface area (TPSA) is 48.1 Å². The van der Waals surface area contributed by atoms with E-state index in [1.165, 1.54) is 32.1 Å². The molecule has 0 radical (unpaired) electrons. The van der Waals surface area contributed by atoms with Gasteiger partial charge in [0.15, 0.2) is 0 Å². The number of nitrogens with zero attached hydrogens (tertiary/aromatic N) is 1. The van der Waals surface area contributed by atoms with Gasteiger partial charge < -0.3 is 10.5 Å². The molecule has 0 atom stereocenters. The molecule has 1 aromatic rings. The van der Waals surface area contributed by atoms with Crippen LogP contribution in [0.5, 0.6) is 5.75 Å². The smallest absolute Gasteiger partial charge is 0.137 e. The molecule has 4 bridgehead atoms. The Hall–Kier alpha value is -1.25. The molecule has 0 unspecified atom stereocenters. The number of hydrogen-bond acceptors (Lipinski definition) is 3. The van der Waals surface area contributed by atoms with Gasteiger partial charge in [-0.2, -0.15) is 0 Å². The highest BCUT2D eigenvalue weighted by Gasteiger charge is 2.48. The number of nitrogens with two attached hydrogens (primary N) is 1. The fourth-order valence-electron chi connectivity index (χ4n) is 4.98. The van der Waals surface area contributed by atoms with Crippen molar-refractivity contribution >= 4 is 5.82 Å². The minimum absolute atomic E-state index is 0.557. The minimum Gasteiger partial charge on any atom is -0.492 e. The lowest BCUT2D eigenvalue weighted by Gasteiger charge is -2.54. The zero-order valence-corrected chi connectivity index (χ0v) is 11.3. The standard InChI is InChI=1S/C16H22N2O/c17-16-2-1-14(8-18-16)19-9-15-12-4-10-3-11(6-12)7-13(15)5-10/h1-2,8,10-13,15H,3-7,9H2,(H2,17,18). The quantitative estimate of drug-likeness (QED) is 0.906. The van der Waals surface area contributed by atoms with Crippen LogP contribution >= 0.6 is 0 Å². The Labute approximate surface area is 114 Å². The first-order valence-corrected chi connectivity index (χ1v) is 7.62. The molecule has 4 aliphatic rings. The molecule has 0 amide bonds. The zero-order valence-electron chi connectivity index (χ0n) is 11.3. The van der Waals surface area contributed by atoms with E-state index in [9.17, 15) is 0 Å². The van der Waals surface area contributed by atoms with Crippen molar-refractivity contribution in [2.75, 3.05) is 12.3 Å². The number of aromatic nitrogens is 1. The Bertz CT molecular complexity index is 428. The van der Waals surface area contributed by atoms with E-state index >= 15 is 0 Å². The largest absolute Gasteiger partial charge is 0.492 e. The molecular weight excluding hydrogens is 236 g/mol. The molecule has 0 aliphatic heterocycles. The van der Waals surface area contributed by atoms with E-state index in [-0.39, 0.29) is 0 Å². The number of pyridine rings is 1. The second kappa shape index (κ2) is 4.39. The van der Waals surface area contributed by atoms with E-state index in [1.807, 2.05) is 12.1 Å². The van der Waals surface area contributed by atoms with Crippen molar-refractivity contribution < 1.29 is 4.74 Å². The van der Waals surface area contributed by atoms with Crippen molar-refractivity contribution in [3.63, 3.8) is 0 Å². The molecule has 1 aromatic heterocycles. The van der Waals surface area contributed by atoms with E-state index in [1.54, 1.807) is 6.20 Å². The van der Waals surface area contributed by atoms with Gasteiger partial charge in [0.05, 0.1) is 12.8 Å². The van der Waals surface area contributed by atoms with Crippen LogP contribution in [-0.2, 0) is 0 Å². The second-order valence-electron chi connectivity index (χ2n) is 6.82. The molecule has 102 valence electrons. The van der Waals surface area contributed by atoms with Gasteiger partial charge in [0.1, 0.15) is 11.6 Å². The molecule has 0 aromatic carbocycles. The summed E-state index contributed by atoms with van der Waals surface area (Å²) in [6.07, 6.45) is 9.10. The average Bonchev–Trinajstić information content (AvgIpc) is 2.39. The normalized spacial score (nSPS) is 39.5. The van der Waals surface area contributed by atoms with Gasteiger partial charge in [0, 0.05) is 0 Å². The highest BCUT2D eigenvalue weighted by molar-refractivity contribution is 5.32. The molecule has 5 rings (SSSR count). The van der Waals surface area contributed by atoms with E-state index in [0.29, 0.717) is 5.82 Å². The van der Waals surface area contributed by atoms with Gasteiger partial charge in [-0.25, -0.2) is 4.98 Å². The Morgan fingerprint density at radius 3 is 2.32 bits per heavy atom. The first-order valence-electron chi connectivity index (χ1n) is 7.62. The molecule has 2 N–H and O–H groups in total. The van der Waals surface area contributed by atoms with Gasteiger partial charge in [-0.05, 0) is 73.8 Å². The lowest BCUT2D eigenvalue weighted by Crippen LogP contribution is -2.47. The molecular formula is C16H22N2O. The van der Waals surface area contributed by atoms with Crippen LogP contribution in [0, 0.1) is 29.6 Å². The average molecular weight is 258 g/mol. The Balaban J connectivity index is 1.42. The molecule has 1 heterocycles. The number of ether oxygens (including phenoxy) is 1. The molecule has 3 nitrogen and oxygen atoms in total. The Morgan fingerprint density at radius 1 is 1.05 bits per heavy atom. The monoisotopic (exact) mass is 258 g/mol. The Kier molecular flexibility index (Phi) is 2.68. The van der Waals surface area contributed by atoms with Crippen LogP contribution in [0.3, 0.4) is 0 Å². The van der Waals surface area contributed by atoms with Crippen LogP contribution in [0.25, 0.3) is 0 Å². The Morgan fingerprint density at radius 2 is 1.74 bits per heavy atom. The SMILES string of the molecule is Nc1ccc(OCC2C3CC4CC(C3)CC2C4)cn1. The van der Waals surface area contributed by atoms with E-state index in [0.717, 1.165) is 41.9 Å². The first kappa shape index (κ1) is 11.6. The van der Waals surface area contributed by atoms with Crippen molar-refractivity contribution in [3.8, 4) is 5.75 Å². The van der Waals surface area contributed by atoms with Crippen molar-refractivity contribution in [2.24, 2.45) is 29.6 Å². The van der Waals surface area contributed by atoms with Crippen LogP contribution in [-0.4, -0.2) is 11.6 Å². The lowest BCUT2D eigenvalue weighted by atomic mass is 9.52. The molecule has 19 heavy (non-hydrogen) atoms. The number of anilines is 1. The lowest BCUT2D eigenvalue weighted by molar-refractivity contribution is -0.0529. The van der Waals surface area contributed by atoms with Gasteiger partial charge in [-0.3, -0.25) is 0 Å². The summed E-state index contributed by atoms with van der Waals surface area (Å²) in [5.74, 6) is 6.14. The second-order valence-corrected chi connectivity index (χ2v) is 6.82. The van der Waals surface area contributed by atoms with Crippen molar-refractivity contribution in [1.82, 2.24) is 4.98 Å². The number of nitrogen functional groups attached to an aromatic ring is 1. The maximum Gasteiger partial charge on any atom is 0.137 e. The summed E-state index contributed by atoms with van der Waals surface area (Å²) in [4.78, 5) is 4.09. The van der Waals surface area contributed by atoms with Gasteiger partial charge >= 0.3 is 0 Å². The zero-order chi connectivity index (χ0) is 12.8. The molecule has 0 saturated heterocycles. The third kappa shape index (κ3) is 2.09. The molecule has 4 saturated carbocycles. The number of rotatable bonds is 3. The van der Waals surface area contributed by atoms with Crippen LogP contribution in [0.4, 0.5) is 5.82 Å². The predicted octanol–water partition coefficient (Wildman–Crippen LogP) is 3.11. The van der Waals surface area contributed by atoms with E-state index < -0.39 is 0 Å². The van der Waals surface area contributed by atoms with Crippen molar-refractivity contribution in [3.05, 3.63) is 18.3 Å². The van der Waals surface area contributed by atoms with E-state index in [2.05, 4.69) is 4.98 Å². The number of hydrogen-bond donors (Lipinski definition) is 1. The summed E-state index contributed by atoms with van der Waals surface area (Å²) in [6, 6.07) is 3.74. The van der Waals surface area contributed by atoms with Gasteiger partial charge in [-0.15, -0.1) is 0 Å². The van der Waals surface area contributed by atoms with E-state index in [4.69, 9.17) is 10.5 Å². The van der Waals surface area contributed by atoms with Crippen molar-refractivity contribution in [2.45, 2.75) is 32.1 Å². The maximum atomic E-state index is 5.97. The highest BCUT2D eigenvalue weighted by atomic mass is 16.5. The first-order chi connectivity index (χ1) is 9.28. The third-order valence-electron chi connectivity index (χ3n) is 5.62. The predicted molar refractivity (Wildman–Crippen MR) is 74.7 cm³/mol. The third-order valence-corrected chi connectivity index (χ3v) is 5.62.